The summed E-state index contributed by atoms with van der Waals surface area (Å²) in [4.78, 5) is 0. The first kappa shape index (κ1) is 12.1. The fourth-order valence-electron chi connectivity index (χ4n) is 1.42. The second-order valence-electron chi connectivity index (χ2n) is 3.60. The third kappa shape index (κ3) is 2.46. The van der Waals surface area contributed by atoms with Crippen LogP contribution in [0, 0.1) is 3.57 Å². The van der Waals surface area contributed by atoms with Crippen LogP contribution in [0.4, 0.5) is 0 Å². The van der Waals surface area contributed by atoms with Crippen LogP contribution in [0.25, 0.3) is 5.69 Å². The summed E-state index contributed by atoms with van der Waals surface area (Å²) in [5, 5.41) is 4.27. The second-order valence-corrected chi connectivity index (χ2v) is 5.70. The van der Waals surface area contributed by atoms with Gasteiger partial charge in [-0.3, -0.25) is 0 Å². The Balaban J connectivity index is 2.44. The zero-order chi connectivity index (χ0) is 11.7. The second kappa shape index (κ2) is 4.85. The van der Waals surface area contributed by atoms with Gasteiger partial charge in [0.25, 0.3) is 0 Å². The molecule has 1 aromatic heterocycles. The quantitative estimate of drug-likeness (QED) is 0.798. The van der Waals surface area contributed by atoms with Crippen molar-refractivity contribution in [1.29, 1.82) is 0 Å². The van der Waals surface area contributed by atoms with Gasteiger partial charge in [-0.1, -0.05) is 6.07 Å². The van der Waals surface area contributed by atoms with Crippen LogP contribution in [-0.2, 0) is 0 Å². The molecule has 0 fully saturated rings. The summed E-state index contributed by atoms with van der Waals surface area (Å²) in [5.74, 6) is 0. The summed E-state index contributed by atoms with van der Waals surface area (Å²) in [6.45, 7) is 1.97. The van der Waals surface area contributed by atoms with Crippen molar-refractivity contribution in [2.75, 3.05) is 0 Å². The molecule has 1 atom stereocenters. The molecule has 0 aliphatic heterocycles. The van der Waals surface area contributed by atoms with Gasteiger partial charge in [0, 0.05) is 16.7 Å². The minimum Gasteiger partial charge on any atom is -0.324 e. The molecule has 84 valence electrons. The first-order chi connectivity index (χ1) is 7.58. The van der Waals surface area contributed by atoms with Crippen LogP contribution < -0.4 is 5.73 Å². The lowest BCUT2D eigenvalue weighted by atomic mass is 10.1. The van der Waals surface area contributed by atoms with Gasteiger partial charge in [-0.2, -0.15) is 5.10 Å². The number of rotatable bonds is 2. The fraction of sp³-hybridized carbons (Fsp3) is 0.182. The van der Waals surface area contributed by atoms with Gasteiger partial charge < -0.3 is 5.73 Å². The molecule has 5 heteroatoms. The van der Waals surface area contributed by atoms with Crippen molar-refractivity contribution in [3.05, 3.63) is 44.2 Å². The van der Waals surface area contributed by atoms with E-state index in [1.165, 1.54) is 0 Å². The van der Waals surface area contributed by atoms with Crippen molar-refractivity contribution in [3.8, 4) is 5.69 Å². The third-order valence-electron chi connectivity index (χ3n) is 2.30. The lowest BCUT2D eigenvalue weighted by Gasteiger charge is -2.09. The Hall–Kier alpha value is -0.400. The van der Waals surface area contributed by atoms with Crippen LogP contribution in [0.1, 0.15) is 18.5 Å². The van der Waals surface area contributed by atoms with Crippen molar-refractivity contribution in [2.45, 2.75) is 13.0 Å². The monoisotopic (exact) mass is 391 g/mol. The van der Waals surface area contributed by atoms with Gasteiger partial charge in [-0.05, 0) is 63.1 Å². The number of aromatic nitrogens is 2. The van der Waals surface area contributed by atoms with Crippen molar-refractivity contribution < 1.29 is 0 Å². The molecule has 0 unspecified atom stereocenters. The molecule has 0 spiro atoms. The molecule has 0 saturated heterocycles. The highest BCUT2D eigenvalue weighted by Crippen LogP contribution is 2.24. The summed E-state index contributed by atoms with van der Waals surface area (Å²) in [6, 6.07) is 6.13. The molecular weight excluding hydrogens is 381 g/mol. The SMILES string of the molecule is C[C@@H](N)c1ccc(-n2cc(I)cn2)c(Br)c1. The molecule has 0 bridgehead atoms. The van der Waals surface area contributed by atoms with E-state index in [4.69, 9.17) is 5.73 Å². The summed E-state index contributed by atoms with van der Waals surface area (Å²) in [5.41, 5.74) is 7.96. The van der Waals surface area contributed by atoms with Gasteiger partial charge in [-0.25, -0.2) is 4.68 Å². The molecule has 0 aliphatic carbocycles. The summed E-state index contributed by atoms with van der Waals surface area (Å²) >= 11 is 5.78. The van der Waals surface area contributed by atoms with Crippen LogP contribution in [0.5, 0.6) is 0 Å². The molecule has 1 aromatic carbocycles. The molecular formula is C11H11BrIN3. The van der Waals surface area contributed by atoms with Gasteiger partial charge in [-0.15, -0.1) is 0 Å². The maximum Gasteiger partial charge on any atom is 0.0788 e. The maximum atomic E-state index is 5.83. The molecule has 1 heterocycles. The van der Waals surface area contributed by atoms with Crippen LogP contribution in [-0.4, -0.2) is 9.78 Å². The lowest BCUT2D eigenvalue weighted by molar-refractivity contribution is 0.812. The van der Waals surface area contributed by atoms with E-state index in [9.17, 15) is 0 Å². The Morgan fingerprint density at radius 1 is 1.50 bits per heavy atom. The highest BCUT2D eigenvalue weighted by Gasteiger charge is 2.07. The molecule has 3 nitrogen and oxygen atoms in total. The predicted octanol–water partition coefficient (Wildman–Crippen LogP) is 3.26. The third-order valence-corrected chi connectivity index (χ3v) is 3.49. The van der Waals surface area contributed by atoms with Crippen LogP contribution in [0.3, 0.4) is 0 Å². The predicted molar refractivity (Wildman–Crippen MR) is 76.6 cm³/mol. The van der Waals surface area contributed by atoms with E-state index >= 15 is 0 Å². The average molecular weight is 392 g/mol. The average Bonchev–Trinajstić information content (AvgIpc) is 2.64. The van der Waals surface area contributed by atoms with E-state index in [0.29, 0.717) is 0 Å². The maximum absolute atomic E-state index is 5.83. The molecule has 2 aromatic rings. The summed E-state index contributed by atoms with van der Waals surface area (Å²) in [7, 11) is 0. The Morgan fingerprint density at radius 2 is 2.25 bits per heavy atom. The van der Waals surface area contributed by atoms with Gasteiger partial charge in [0.05, 0.1) is 15.5 Å². The highest BCUT2D eigenvalue weighted by atomic mass is 127. The minimum atomic E-state index is 0.0445. The molecule has 0 aliphatic rings. The van der Waals surface area contributed by atoms with Gasteiger partial charge in [0.15, 0.2) is 0 Å². The van der Waals surface area contributed by atoms with Crippen LogP contribution >= 0.6 is 38.5 Å². The van der Waals surface area contributed by atoms with Gasteiger partial charge in [0.1, 0.15) is 0 Å². The van der Waals surface area contributed by atoms with E-state index in [1.54, 1.807) is 0 Å². The number of halogens is 2. The zero-order valence-corrected chi connectivity index (χ0v) is 12.4. The number of nitrogens with two attached hydrogens (primary N) is 1. The van der Waals surface area contributed by atoms with Crippen LogP contribution in [0.2, 0.25) is 0 Å². The Kier molecular flexibility index (Phi) is 3.66. The van der Waals surface area contributed by atoms with Crippen molar-refractivity contribution >= 4 is 38.5 Å². The number of hydrogen-bond acceptors (Lipinski definition) is 2. The molecule has 2 rings (SSSR count). The van der Waals surface area contributed by atoms with E-state index in [-0.39, 0.29) is 6.04 Å². The van der Waals surface area contributed by atoms with Crippen molar-refractivity contribution in [1.82, 2.24) is 9.78 Å². The normalized spacial score (nSPS) is 12.8. The largest absolute Gasteiger partial charge is 0.324 e. The molecule has 16 heavy (non-hydrogen) atoms. The number of hydrogen-bond donors (Lipinski definition) is 1. The van der Waals surface area contributed by atoms with E-state index in [1.807, 2.05) is 42.2 Å². The summed E-state index contributed by atoms with van der Waals surface area (Å²) in [6.07, 6.45) is 3.80. The number of benzene rings is 1. The topological polar surface area (TPSA) is 43.8 Å². The standard InChI is InChI=1S/C11H11BrIN3/c1-7(14)8-2-3-11(10(12)4-8)16-6-9(13)5-15-16/h2-7H,14H2,1H3/t7-/m1/s1. The summed E-state index contributed by atoms with van der Waals surface area (Å²) < 4.78 is 3.96. The molecule has 0 radical (unpaired) electrons. The Bertz CT molecular complexity index is 508. The molecule has 0 saturated carbocycles. The van der Waals surface area contributed by atoms with E-state index in [0.717, 1.165) is 19.3 Å². The van der Waals surface area contributed by atoms with E-state index < -0.39 is 0 Å². The highest BCUT2D eigenvalue weighted by molar-refractivity contribution is 14.1. The number of nitrogens with zero attached hydrogens (tertiary/aromatic N) is 2. The first-order valence-corrected chi connectivity index (χ1v) is 6.70. The smallest absolute Gasteiger partial charge is 0.0788 e. The Labute approximate surface area is 116 Å². The molecule has 2 N–H and O–H groups in total. The van der Waals surface area contributed by atoms with E-state index in [2.05, 4.69) is 43.6 Å². The molecule has 0 amide bonds. The fourth-order valence-corrected chi connectivity index (χ4v) is 2.39. The van der Waals surface area contributed by atoms with Crippen molar-refractivity contribution in [3.63, 3.8) is 0 Å². The van der Waals surface area contributed by atoms with Crippen LogP contribution in [0.15, 0.2) is 35.1 Å². The van der Waals surface area contributed by atoms with Gasteiger partial charge in [0.2, 0.25) is 0 Å². The minimum absolute atomic E-state index is 0.0445. The zero-order valence-electron chi connectivity index (χ0n) is 8.69. The van der Waals surface area contributed by atoms with Crippen molar-refractivity contribution in [2.24, 2.45) is 5.73 Å². The van der Waals surface area contributed by atoms with Gasteiger partial charge >= 0.3 is 0 Å². The Morgan fingerprint density at radius 3 is 2.75 bits per heavy atom. The lowest BCUT2D eigenvalue weighted by Crippen LogP contribution is -2.05. The first-order valence-electron chi connectivity index (χ1n) is 4.83.